The molecule has 0 bridgehead atoms. The van der Waals surface area contributed by atoms with Gasteiger partial charge >= 0.3 is 6.18 Å². The fraction of sp³-hybridized carbons (Fsp3) is 0.294. The van der Waals surface area contributed by atoms with Gasteiger partial charge in [-0.05, 0) is 35.1 Å². The number of benzene rings is 1. The minimum Gasteiger partial charge on any atom is -0.343 e. The molecule has 0 spiro atoms. The molecule has 0 saturated carbocycles. The van der Waals surface area contributed by atoms with Crippen LogP contribution in [0.5, 0.6) is 0 Å². The zero-order valence-corrected chi connectivity index (χ0v) is 14.4. The van der Waals surface area contributed by atoms with Crippen molar-refractivity contribution in [2.75, 3.05) is 11.9 Å². The van der Waals surface area contributed by atoms with Crippen molar-refractivity contribution in [2.24, 2.45) is 0 Å². The van der Waals surface area contributed by atoms with E-state index in [4.69, 9.17) is 0 Å². The van der Waals surface area contributed by atoms with E-state index in [-0.39, 0.29) is 10.6 Å². The summed E-state index contributed by atoms with van der Waals surface area (Å²) in [4.78, 5) is 24.1. The van der Waals surface area contributed by atoms with E-state index in [2.05, 4.69) is 5.32 Å². The average molecular weight is 370 g/mol. The van der Waals surface area contributed by atoms with Crippen LogP contribution in [-0.4, -0.2) is 24.5 Å². The Morgan fingerprint density at radius 2 is 1.72 bits per heavy atom. The molecule has 0 atom stereocenters. The highest BCUT2D eigenvalue weighted by Crippen LogP contribution is 2.24. The Morgan fingerprint density at radius 1 is 1.08 bits per heavy atom. The molecule has 2 aromatic rings. The number of carbonyl (C=O) groups excluding carboxylic acids is 2. The van der Waals surface area contributed by atoms with Crippen LogP contribution in [0, 0.1) is 0 Å². The highest BCUT2D eigenvalue weighted by molar-refractivity contribution is 7.14. The highest BCUT2D eigenvalue weighted by atomic mass is 32.1. The topological polar surface area (TPSA) is 58.2 Å². The molecule has 134 valence electrons. The molecule has 0 aliphatic carbocycles. The standard InChI is InChI=1S/C17H17F3N2O2S/c1-10(2)11-3-5-12(6-4-11)14(23)22-16-13(7-8-25-16)15(24)21-9-17(18,19)20/h3-8,10H,9H2,1-2H3,(H,21,24)(H,22,23). The summed E-state index contributed by atoms with van der Waals surface area (Å²) in [5.41, 5.74) is 1.49. The van der Waals surface area contributed by atoms with E-state index < -0.39 is 24.5 Å². The number of alkyl halides is 3. The number of hydrogen-bond acceptors (Lipinski definition) is 3. The maximum absolute atomic E-state index is 12.3. The van der Waals surface area contributed by atoms with E-state index in [9.17, 15) is 22.8 Å². The molecule has 25 heavy (non-hydrogen) atoms. The van der Waals surface area contributed by atoms with E-state index in [0.29, 0.717) is 11.5 Å². The molecule has 8 heteroatoms. The first-order chi connectivity index (χ1) is 11.7. The summed E-state index contributed by atoms with van der Waals surface area (Å²) in [5.74, 6) is -0.981. The van der Waals surface area contributed by atoms with Crippen LogP contribution in [0.15, 0.2) is 35.7 Å². The SMILES string of the molecule is CC(C)c1ccc(C(=O)Nc2sccc2C(=O)NCC(F)(F)F)cc1. The van der Waals surface area contributed by atoms with Crippen LogP contribution in [0.4, 0.5) is 18.2 Å². The number of nitrogens with one attached hydrogen (secondary N) is 2. The van der Waals surface area contributed by atoms with Crippen molar-refractivity contribution in [3.63, 3.8) is 0 Å². The molecule has 0 aliphatic heterocycles. The van der Waals surface area contributed by atoms with Gasteiger partial charge in [0, 0.05) is 5.56 Å². The van der Waals surface area contributed by atoms with E-state index >= 15 is 0 Å². The van der Waals surface area contributed by atoms with Crippen molar-refractivity contribution in [1.29, 1.82) is 0 Å². The van der Waals surface area contributed by atoms with Crippen molar-refractivity contribution in [3.8, 4) is 0 Å². The molecule has 1 aromatic heterocycles. The summed E-state index contributed by atoms with van der Waals surface area (Å²) in [5, 5.41) is 6.09. The smallest absolute Gasteiger partial charge is 0.343 e. The van der Waals surface area contributed by atoms with E-state index in [1.165, 1.54) is 11.4 Å². The van der Waals surface area contributed by atoms with Gasteiger partial charge in [0.25, 0.3) is 11.8 Å². The second-order valence-electron chi connectivity index (χ2n) is 5.69. The molecule has 4 nitrogen and oxygen atoms in total. The van der Waals surface area contributed by atoms with Crippen molar-refractivity contribution in [1.82, 2.24) is 5.32 Å². The first kappa shape index (κ1) is 19.0. The van der Waals surface area contributed by atoms with Gasteiger partial charge in [0.05, 0.1) is 5.56 Å². The zero-order valence-electron chi connectivity index (χ0n) is 13.6. The molecule has 2 N–H and O–H groups in total. The Labute approximate surface area is 147 Å². The molecular weight excluding hydrogens is 353 g/mol. The minimum absolute atomic E-state index is 0.00130. The molecule has 1 aromatic carbocycles. The Morgan fingerprint density at radius 3 is 2.28 bits per heavy atom. The predicted octanol–water partition coefficient (Wildman–Crippen LogP) is 4.42. The van der Waals surface area contributed by atoms with Gasteiger partial charge in [-0.15, -0.1) is 11.3 Å². The molecule has 0 fully saturated rings. The molecule has 1 heterocycles. The number of amides is 2. The maximum Gasteiger partial charge on any atom is 0.405 e. The van der Waals surface area contributed by atoms with Gasteiger partial charge in [-0.25, -0.2) is 0 Å². The third-order valence-electron chi connectivity index (χ3n) is 3.43. The number of anilines is 1. The van der Waals surface area contributed by atoms with Gasteiger partial charge in [-0.2, -0.15) is 13.2 Å². The van der Waals surface area contributed by atoms with Gasteiger partial charge in [0.15, 0.2) is 0 Å². The minimum atomic E-state index is -4.49. The maximum atomic E-state index is 12.3. The second-order valence-corrected chi connectivity index (χ2v) is 6.61. The molecule has 0 radical (unpaired) electrons. The lowest BCUT2D eigenvalue weighted by molar-refractivity contribution is -0.123. The number of rotatable bonds is 5. The third kappa shape index (κ3) is 5.32. The summed E-state index contributed by atoms with van der Waals surface area (Å²) in [6, 6.07) is 8.38. The third-order valence-corrected chi connectivity index (χ3v) is 4.26. The van der Waals surface area contributed by atoms with Crippen LogP contribution in [-0.2, 0) is 0 Å². The summed E-state index contributed by atoms with van der Waals surface area (Å²) >= 11 is 1.07. The Bertz CT molecular complexity index is 752. The lowest BCUT2D eigenvalue weighted by Crippen LogP contribution is -2.33. The largest absolute Gasteiger partial charge is 0.405 e. The van der Waals surface area contributed by atoms with Crippen molar-refractivity contribution in [3.05, 3.63) is 52.4 Å². The number of carbonyl (C=O) groups is 2. The second kappa shape index (κ2) is 7.69. The Hall–Kier alpha value is -2.35. The molecule has 2 rings (SSSR count). The van der Waals surface area contributed by atoms with Crippen LogP contribution in [0.25, 0.3) is 0 Å². The highest BCUT2D eigenvalue weighted by Gasteiger charge is 2.28. The van der Waals surface area contributed by atoms with E-state index in [0.717, 1.165) is 16.9 Å². The summed E-state index contributed by atoms with van der Waals surface area (Å²) < 4.78 is 36.6. The summed E-state index contributed by atoms with van der Waals surface area (Å²) in [6.07, 6.45) is -4.49. The lowest BCUT2D eigenvalue weighted by Gasteiger charge is -2.10. The predicted molar refractivity (Wildman–Crippen MR) is 91.2 cm³/mol. The molecule has 0 unspecified atom stereocenters. The van der Waals surface area contributed by atoms with Crippen molar-refractivity contribution in [2.45, 2.75) is 25.9 Å². The fourth-order valence-corrected chi connectivity index (χ4v) is 2.83. The van der Waals surface area contributed by atoms with Gasteiger partial charge in [-0.3, -0.25) is 9.59 Å². The fourth-order valence-electron chi connectivity index (χ4n) is 2.06. The van der Waals surface area contributed by atoms with Crippen LogP contribution in [0.1, 0.15) is 46.0 Å². The van der Waals surface area contributed by atoms with Gasteiger partial charge < -0.3 is 10.6 Å². The van der Waals surface area contributed by atoms with Crippen molar-refractivity contribution >= 4 is 28.2 Å². The summed E-state index contributed by atoms with van der Waals surface area (Å²) in [7, 11) is 0. The quantitative estimate of drug-likeness (QED) is 0.819. The number of halogens is 3. The van der Waals surface area contributed by atoms with Crippen LogP contribution in [0.2, 0.25) is 0 Å². The number of thiophene rings is 1. The first-order valence-corrected chi connectivity index (χ1v) is 8.39. The van der Waals surface area contributed by atoms with E-state index in [1.807, 2.05) is 26.0 Å². The van der Waals surface area contributed by atoms with Crippen LogP contribution in [0.3, 0.4) is 0 Å². The van der Waals surface area contributed by atoms with Gasteiger partial charge in [0.1, 0.15) is 11.5 Å². The summed E-state index contributed by atoms with van der Waals surface area (Å²) in [6.45, 7) is 2.64. The zero-order chi connectivity index (χ0) is 18.6. The van der Waals surface area contributed by atoms with Crippen LogP contribution < -0.4 is 10.6 Å². The molecule has 0 aliphatic rings. The Kier molecular flexibility index (Phi) is 5.84. The van der Waals surface area contributed by atoms with E-state index in [1.54, 1.807) is 17.4 Å². The first-order valence-electron chi connectivity index (χ1n) is 7.51. The van der Waals surface area contributed by atoms with Gasteiger partial charge in [0.2, 0.25) is 0 Å². The number of hydrogen-bond donors (Lipinski definition) is 2. The lowest BCUT2D eigenvalue weighted by atomic mass is 10.0. The van der Waals surface area contributed by atoms with Crippen molar-refractivity contribution < 1.29 is 22.8 Å². The van der Waals surface area contributed by atoms with Gasteiger partial charge in [-0.1, -0.05) is 26.0 Å². The normalized spacial score (nSPS) is 11.4. The molecule has 2 amide bonds. The Balaban J connectivity index is 2.07. The van der Waals surface area contributed by atoms with Crippen LogP contribution >= 0.6 is 11.3 Å². The molecule has 0 saturated heterocycles. The monoisotopic (exact) mass is 370 g/mol. The molecular formula is C17H17F3N2O2S. The average Bonchev–Trinajstić information content (AvgIpc) is 3.00.